The molecule has 0 saturated carbocycles. The Labute approximate surface area is 97.8 Å². The fourth-order valence-electron chi connectivity index (χ4n) is 1.18. The summed E-state index contributed by atoms with van der Waals surface area (Å²) in [5, 5.41) is 7.28. The van der Waals surface area contributed by atoms with Gasteiger partial charge in [-0.1, -0.05) is 46.7 Å². The minimum absolute atomic E-state index is 0.0741. The predicted molar refractivity (Wildman–Crippen MR) is 64.2 cm³/mol. The van der Waals surface area contributed by atoms with Gasteiger partial charge >= 0.3 is 0 Å². The van der Waals surface area contributed by atoms with Crippen LogP contribution < -0.4 is 5.32 Å². The summed E-state index contributed by atoms with van der Waals surface area (Å²) in [6, 6.07) is 0. The summed E-state index contributed by atoms with van der Waals surface area (Å²) < 4.78 is 5.21. The Morgan fingerprint density at radius 2 is 1.75 bits per heavy atom. The maximum atomic E-state index is 5.21. The Balaban J connectivity index is 2.48. The molecule has 1 aromatic heterocycles. The van der Waals surface area contributed by atoms with Crippen LogP contribution in [0.2, 0.25) is 0 Å². The van der Waals surface area contributed by atoms with Crippen molar-refractivity contribution >= 4 is 0 Å². The summed E-state index contributed by atoms with van der Waals surface area (Å²) in [6.07, 6.45) is 0. The number of nitrogens with zero attached hydrogens (tertiary/aromatic N) is 2. The Hall–Kier alpha value is -0.900. The van der Waals surface area contributed by atoms with Gasteiger partial charge in [-0.15, -0.1) is 0 Å². The minimum Gasteiger partial charge on any atom is -0.339 e. The molecular formula is C12H23N3O. The molecule has 0 fully saturated rings. The van der Waals surface area contributed by atoms with E-state index in [1.54, 1.807) is 0 Å². The summed E-state index contributed by atoms with van der Waals surface area (Å²) in [6.45, 7) is 14.4. The number of rotatable bonds is 3. The highest BCUT2D eigenvalue weighted by molar-refractivity contribution is 4.98. The molecule has 0 amide bonds. The average Bonchev–Trinajstić information content (AvgIpc) is 2.49. The molecular weight excluding hydrogens is 202 g/mol. The van der Waals surface area contributed by atoms with Crippen molar-refractivity contribution in [3.63, 3.8) is 0 Å². The van der Waals surface area contributed by atoms with Gasteiger partial charge in [-0.25, -0.2) is 0 Å². The molecule has 4 nitrogen and oxygen atoms in total. The van der Waals surface area contributed by atoms with Crippen molar-refractivity contribution in [2.75, 3.05) is 6.54 Å². The average molecular weight is 225 g/mol. The first-order valence-corrected chi connectivity index (χ1v) is 5.72. The molecule has 1 aromatic rings. The lowest BCUT2D eigenvalue weighted by atomic mass is 9.97. The van der Waals surface area contributed by atoms with Gasteiger partial charge in [-0.2, -0.15) is 4.98 Å². The molecule has 4 heteroatoms. The third kappa shape index (κ3) is 4.31. The van der Waals surface area contributed by atoms with Gasteiger partial charge in [0.1, 0.15) is 0 Å². The second kappa shape index (κ2) is 4.53. The van der Waals surface area contributed by atoms with Gasteiger partial charge in [0.05, 0.1) is 6.54 Å². The van der Waals surface area contributed by atoms with Crippen LogP contribution in [0.1, 0.15) is 53.3 Å². The topological polar surface area (TPSA) is 51.0 Å². The van der Waals surface area contributed by atoms with Crippen LogP contribution in [0.25, 0.3) is 0 Å². The zero-order valence-corrected chi connectivity index (χ0v) is 11.2. The molecule has 0 saturated heterocycles. The lowest BCUT2D eigenvalue weighted by Crippen LogP contribution is -2.26. The maximum absolute atomic E-state index is 5.21. The molecule has 0 unspecified atom stereocenters. The molecule has 0 aliphatic heterocycles. The van der Waals surface area contributed by atoms with Crippen LogP contribution >= 0.6 is 0 Å². The summed E-state index contributed by atoms with van der Waals surface area (Å²) in [4.78, 5) is 4.36. The quantitative estimate of drug-likeness (QED) is 0.858. The molecule has 0 spiro atoms. The lowest BCUT2D eigenvalue weighted by Gasteiger charge is -2.17. The number of hydrogen-bond donors (Lipinski definition) is 1. The van der Waals surface area contributed by atoms with E-state index in [4.69, 9.17) is 4.52 Å². The zero-order valence-electron chi connectivity index (χ0n) is 11.2. The van der Waals surface area contributed by atoms with Crippen molar-refractivity contribution in [3.8, 4) is 0 Å². The van der Waals surface area contributed by atoms with Gasteiger partial charge in [0, 0.05) is 12.0 Å². The minimum atomic E-state index is -0.0741. The summed E-state index contributed by atoms with van der Waals surface area (Å²) in [5.74, 6) is 1.43. The number of hydrogen-bond acceptors (Lipinski definition) is 4. The third-order valence-electron chi connectivity index (χ3n) is 2.05. The molecule has 1 rings (SSSR count). The van der Waals surface area contributed by atoms with Crippen LogP contribution in [0.15, 0.2) is 4.52 Å². The van der Waals surface area contributed by atoms with Crippen molar-refractivity contribution in [3.05, 3.63) is 11.7 Å². The Morgan fingerprint density at radius 3 is 2.19 bits per heavy atom. The zero-order chi connectivity index (χ0) is 12.4. The van der Waals surface area contributed by atoms with E-state index in [1.807, 2.05) is 0 Å². The fourth-order valence-corrected chi connectivity index (χ4v) is 1.18. The molecule has 1 N–H and O–H groups in total. The molecule has 92 valence electrons. The van der Waals surface area contributed by atoms with Gasteiger partial charge in [-0.3, -0.25) is 0 Å². The van der Waals surface area contributed by atoms with E-state index >= 15 is 0 Å². The second-order valence-electron chi connectivity index (χ2n) is 6.43. The summed E-state index contributed by atoms with van der Waals surface area (Å²) in [5.41, 5.74) is 0.200. The van der Waals surface area contributed by atoms with Crippen LogP contribution in [0.4, 0.5) is 0 Å². The normalized spacial score (nSPS) is 13.1. The van der Waals surface area contributed by atoms with Crippen LogP contribution in [0, 0.1) is 5.41 Å². The van der Waals surface area contributed by atoms with Crippen LogP contribution in [0.3, 0.4) is 0 Å². The van der Waals surface area contributed by atoms with E-state index < -0.39 is 0 Å². The molecule has 0 aliphatic carbocycles. The van der Waals surface area contributed by atoms with E-state index in [9.17, 15) is 0 Å². The van der Waals surface area contributed by atoms with Crippen molar-refractivity contribution in [1.82, 2.24) is 15.5 Å². The molecule has 1 heterocycles. The first-order chi connectivity index (χ1) is 7.18. The Kier molecular flexibility index (Phi) is 3.73. The SMILES string of the molecule is CC(C)(C)CNCc1noc(C(C)(C)C)n1. The molecule has 0 radical (unpaired) electrons. The largest absolute Gasteiger partial charge is 0.339 e. The van der Waals surface area contributed by atoms with Crippen LogP contribution in [-0.4, -0.2) is 16.7 Å². The molecule has 0 bridgehead atoms. The van der Waals surface area contributed by atoms with E-state index in [0.29, 0.717) is 12.4 Å². The maximum Gasteiger partial charge on any atom is 0.232 e. The van der Waals surface area contributed by atoms with Gasteiger partial charge in [-0.05, 0) is 5.41 Å². The summed E-state index contributed by atoms with van der Waals surface area (Å²) >= 11 is 0. The predicted octanol–water partition coefficient (Wildman–Crippen LogP) is 2.50. The van der Waals surface area contributed by atoms with Crippen molar-refractivity contribution in [1.29, 1.82) is 0 Å². The number of aromatic nitrogens is 2. The molecule has 0 aromatic carbocycles. The van der Waals surface area contributed by atoms with Gasteiger partial charge in [0.15, 0.2) is 5.82 Å². The highest BCUT2D eigenvalue weighted by Gasteiger charge is 2.21. The third-order valence-corrected chi connectivity index (χ3v) is 2.05. The monoisotopic (exact) mass is 225 g/mol. The van der Waals surface area contributed by atoms with E-state index in [1.165, 1.54) is 0 Å². The van der Waals surface area contributed by atoms with E-state index in [0.717, 1.165) is 12.4 Å². The highest BCUT2D eigenvalue weighted by atomic mass is 16.5. The van der Waals surface area contributed by atoms with Crippen LogP contribution in [0.5, 0.6) is 0 Å². The molecule has 16 heavy (non-hydrogen) atoms. The second-order valence-corrected chi connectivity index (χ2v) is 6.43. The van der Waals surface area contributed by atoms with Gasteiger partial charge in [0.25, 0.3) is 0 Å². The first kappa shape index (κ1) is 13.2. The lowest BCUT2D eigenvalue weighted by molar-refractivity contribution is 0.316. The Morgan fingerprint density at radius 1 is 1.12 bits per heavy atom. The number of nitrogens with one attached hydrogen (secondary N) is 1. The highest BCUT2D eigenvalue weighted by Crippen LogP contribution is 2.19. The van der Waals surface area contributed by atoms with Gasteiger partial charge < -0.3 is 9.84 Å². The Bertz CT molecular complexity index is 331. The first-order valence-electron chi connectivity index (χ1n) is 5.72. The van der Waals surface area contributed by atoms with Crippen molar-refractivity contribution in [2.45, 2.75) is 53.5 Å². The summed E-state index contributed by atoms with van der Waals surface area (Å²) in [7, 11) is 0. The smallest absolute Gasteiger partial charge is 0.232 e. The fraction of sp³-hybridized carbons (Fsp3) is 0.833. The molecule has 0 atom stereocenters. The standard InChI is InChI=1S/C12H23N3O/c1-11(2,3)8-13-7-9-14-10(16-15-9)12(4,5)6/h13H,7-8H2,1-6H3. The van der Waals surface area contributed by atoms with E-state index in [2.05, 4.69) is 57.0 Å². The van der Waals surface area contributed by atoms with Gasteiger partial charge in [0.2, 0.25) is 5.89 Å². The molecule has 0 aliphatic rings. The van der Waals surface area contributed by atoms with Crippen molar-refractivity contribution < 1.29 is 4.52 Å². The van der Waals surface area contributed by atoms with Crippen LogP contribution in [-0.2, 0) is 12.0 Å². The van der Waals surface area contributed by atoms with Crippen molar-refractivity contribution in [2.24, 2.45) is 5.41 Å². The van der Waals surface area contributed by atoms with E-state index in [-0.39, 0.29) is 10.8 Å².